The number of rotatable bonds is 5. The van der Waals surface area contributed by atoms with Gasteiger partial charge in [0.15, 0.2) is 0 Å². The number of hydrogen-bond acceptors (Lipinski definition) is 3. The molecular weight excluding hydrogens is 272 g/mol. The molecule has 1 aromatic carbocycles. The van der Waals surface area contributed by atoms with E-state index in [9.17, 15) is 14.4 Å². The summed E-state index contributed by atoms with van der Waals surface area (Å²) in [5.41, 5.74) is 1.32. The van der Waals surface area contributed by atoms with Crippen LogP contribution in [-0.2, 0) is 14.4 Å². The summed E-state index contributed by atoms with van der Waals surface area (Å²) in [4.78, 5) is 35.7. The van der Waals surface area contributed by atoms with Crippen molar-refractivity contribution in [1.82, 2.24) is 0 Å². The highest BCUT2D eigenvalue weighted by atomic mass is 16.4. The summed E-state index contributed by atoms with van der Waals surface area (Å²) in [5, 5.41) is 11.7. The molecule has 6 nitrogen and oxygen atoms in total. The predicted octanol–water partition coefficient (Wildman–Crippen LogP) is 1.86. The summed E-state index contributed by atoms with van der Waals surface area (Å²) in [6.45, 7) is 2.12. The monoisotopic (exact) mass is 290 g/mol. The van der Waals surface area contributed by atoms with Gasteiger partial charge in [0.05, 0.1) is 5.92 Å². The lowest BCUT2D eigenvalue weighted by Crippen LogP contribution is -2.25. The molecule has 2 amide bonds. The average Bonchev–Trinajstić information content (AvgIpc) is 2.82. The molecule has 1 fully saturated rings. The molecule has 2 rings (SSSR count). The Labute approximate surface area is 122 Å². The molecule has 0 spiro atoms. The van der Waals surface area contributed by atoms with Gasteiger partial charge in [-0.2, -0.15) is 0 Å². The molecule has 0 saturated carbocycles. The summed E-state index contributed by atoms with van der Waals surface area (Å²) in [5.74, 6) is -1.84. The number of carbonyl (C=O) groups is 3. The van der Waals surface area contributed by atoms with Crippen LogP contribution in [0.15, 0.2) is 24.3 Å². The molecule has 0 aliphatic carbocycles. The first kappa shape index (κ1) is 15.0. The van der Waals surface area contributed by atoms with Crippen molar-refractivity contribution >= 4 is 29.2 Å². The van der Waals surface area contributed by atoms with E-state index in [0.29, 0.717) is 17.8 Å². The first-order chi connectivity index (χ1) is 10.0. The Kier molecular flexibility index (Phi) is 4.57. The Morgan fingerprint density at radius 3 is 2.52 bits per heavy atom. The van der Waals surface area contributed by atoms with E-state index in [1.165, 1.54) is 4.90 Å². The fourth-order valence-corrected chi connectivity index (χ4v) is 2.30. The molecule has 1 aliphatic heterocycles. The minimum atomic E-state index is -0.950. The van der Waals surface area contributed by atoms with Crippen molar-refractivity contribution in [2.24, 2.45) is 5.92 Å². The lowest BCUT2D eigenvalue weighted by atomic mass is 10.1. The second-order valence-corrected chi connectivity index (χ2v) is 5.09. The van der Waals surface area contributed by atoms with Crippen LogP contribution in [0.25, 0.3) is 0 Å². The number of anilines is 2. The van der Waals surface area contributed by atoms with E-state index < -0.39 is 11.9 Å². The molecule has 1 aromatic rings. The van der Waals surface area contributed by atoms with Gasteiger partial charge in [0.25, 0.3) is 0 Å². The largest absolute Gasteiger partial charge is 0.481 e. The molecule has 0 unspecified atom stereocenters. The molecule has 1 saturated heterocycles. The van der Waals surface area contributed by atoms with Gasteiger partial charge < -0.3 is 15.3 Å². The second-order valence-electron chi connectivity index (χ2n) is 5.09. The maximum atomic E-state index is 11.8. The summed E-state index contributed by atoms with van der Waals surface area (Å²) in [6, 6.07) is 6.85. The fraction of sp³-hybridized carbons (Fsp3) is 0.400. The number of nitrogens with zero attached hydrogens (tertiary/aromatic N) is 1. The third kappa shape index (κ3) is 3.59. The number of carboxylic acid groups (broad SMARTS) is 1. The van der Waals surface area contributed by atoms with Gasteiger partial charge in [-0.25, -0.2) is 0 Å². The molecule has 1 aliphatic rings. The van der Waals surface area contributed by atoms with Gasteiger partial charge in [0, 0.05) is 30.8 Å². The van der Waals surface area contributed by atoms with Crippen LogP contribution in [-0.4, -0.2) is 29.4 Å². The molecule has 1 heterocycles. The smallest absolute Gasteiger partial charge is 0.308 e. The standard InChI is InChI=1S/C15H18N2O4/c1-2-3-13(18)16-11-4-6-12(7-5-11)17-9-10(15(20)21)8-14(17)19/h4-7,10H,2-3,8-9H2,1H3,(H,16,18)(H,20,21)/t10-/m1/s1. The number of aliphatic carboxylic acids is 1. The molecule has 2 N–H and O–H groups in total. The van der Waals surface area contributed by atoms with Crippen LogP contribution in [0.3, 0.4) is 0 Å². The van der Waals surface area contributed by atoms with Gasteiger partial charge in [-0.15, -0.1) is 0 Å². The van der Waals surface area contributed by atoms with Gasteiger partial charge >= 0.3 is 5.97 Å². The quantitative estimate of drug-likeness (QED) is 0.866. The molecule has 0 radical (unpaired) electrons. The fourth-order valence-electron chi connectivity index (χ4n) is 2.30. The highest BCUT2D eigenvalue weighted by Gasteiger charge is 2.34. The Hall–Kier alpha value is -2.37. The number of amides is 2. The van der Waals surface area contributed by atoms with Crippen molar-refractivity contribution in [2.45, 2.75) is 26.2 Å². The topological polar surface area (TPSA) is 86.7 Å². The van der Waals surface area contributed by atoms with Gasteiger partial charge in [-0.3, -0.25) is 14.4 Å². The maximum absolute atomic E-state index is 11.8. The Morgan fingerprint density at radius 1 is 1.33 bits per heavy atom. The molecule has 1 atom stereocenters. The van der Waals surface area contributed by atoms with Crippen LogP contribution < -0.4 is 10.2 Å². The number of carboxylic acids is 1. The minimum Gasteiger partial charge on any atom is -0.481 e. The van der Waals surface area contributed by atoms with Crippen molar-refractivity contribution in [3.05, 3.63) is 24.3 Å². The van der Waals surface area contributed by atoms with E-state index in [1.54, 1.807) is 24.3 Å². The number of nitrogens with one attached hydrogen (secondary N) is 1. The third-order valence-corrected chi connectivity index (χ3v) is 3.41. The SMILES string of the molecule is CCCC(=O)Nc1ccc(N2C[C@H](C(=O)O)CC2=O)cc1. The third-order valence-electron chi connectivity index (χ3n) is 3.41. The Morgan fingerprint density at radius 2 is 2.00 bits per heavy atom. The normalized spacial score (nSPS) is 17.9. The van der Waals surface area contributed by atoms with Gasteiger partial charge in [-0.1, -0.05) is 6.92 Å². The van der Waals surface area contributed by atoms with Crippen molar-refractivity contribution in [2.75, 3.05) is 16.8 Å². The van der Waals surface area contributed by atoms with Crippen LogP contribution in [0, 0.1) is 5.92 Å². The van der Waals surface area contributed by atoms with Crippen molar-refractivity contribution < 1.29 is 19.5 Å². The van der Waals surface area contributed by atoms with E-state index in [-0.39, 0.29) is 24.8 Å². The van der Waals surface area contributed by atoms with Crippen LogP contribution in [0.2, 0.25) is 0 Å². The van der Waals surface area contributed by atoms with Crippen LogP contribution in [0.1, 0.15) is 26.2 Å². The Balaban J connectivity index is 2.04. The highest BCUT2D eigenvalue weighted by molar-refractivity contribution is 5.99. The van der Waals surface area contributed by atoms with E-state index in [4.69, 9.17) is 5.11 Å². The van der Waals surface area contributed by atoms with E-state index >= 15 is 0 Å². The zero-order valence-corrected chi connectivity index (χ0v) is 11.8. The van der Waals surface area contributed by atoms with Crippen LogP contribution in [0.4, 0.5) is 11.4 Å². The Bertz CT molecular complexity index is 553. The van der Waals surface area contributed by atoms with Crippen LogP contribution >= 0.6 is 0 Å². The summed E-state index contributed by atoms with van der Waals surface area (Å²) >= 11 is 0. The average molecular weight is 290 g/mol. The van der Waals surface area contributed by atoms with E-state index in [0.717, 1.165) is 6.42 Å². The highest BCUT2D eigenvalue weighted by Crippen LogP contribution is 2.26. The number of hydrogen-bond donors (Lipinski definition) is 2. The lowest BCUT2D eigenvalue weighted by Gasteiger charge is -2.16. The molecular formula is C15H18N2O4. The van der Waals surface area contributed by atoms with E-state index in [2.05, 4.69) is 5.32 Å². The van der Waals surface area contributed by atoms with Crippen molar-refractivity contribution in [3.8, 4) is 0 Å². The maximum Gasteiger partial charge on any atom is 0.308 e. The zero-order valence-electron chi connectivity index (χ0n) is 11.8. The number of carbonyl (C=O) groups excluding carboxylic acids is 2. The van der Waals surface area contributed by atoms with Gasteiger partial charge in [-0.05, 0) is 30.7 Å². The molecule has 112 valence electrons. The number of benzene rings is 1. The van der Waals surface area contributed by atoms with Crippen molar-refractivity contribution in [3.63, 3.8) is 0 Å². The predicted molar refractivity (Wildman–Crippen MR) is 78.1 cm³/mol. The first-order valence-corrected chi connectivity index (χ1v) is 6.94. The zero-order chi connectivity index (χ0) is 15.4. The molecule has 0 bridgehead atoms. The summed E-state index contributed by atoms with van der Waals surface area (Å²) in [7, 11) is 0. The lowest BCUT2D eigenvalue weighted by molar-refractivity contribution is -0.141. The molecule has 6 heteroatoms. The van der Waals surface area contributed by atoms with Gasteiger partial charge in [0.2, 0.25) is 11.8 Å². The second kappa shape index (κ2) is 6.39. The van der Waals surface area contributed by atoms with Gasteiger partial charge in [0.1, 0.15) is 0 Å². The molecule has 0 aromatic heterocycles. The summed E-state index contributed by atoms with van der Waals surface area (Å²) < 4.78 is 0. The minimum absolute atomic E-state index is 0.0321. The van der Waals surface area contributed by atoms with E-state index in [1.807, 2.05) is 6.92 Å². The van der Waals surface area contributed by atoms with Crippen molar-refractivity contribution in [1.29, 1.82) is 0 Å². The molecule has 21 heavy (non-hydrogen) atoms. The summed E-state index contributed by atoms with van der Waals surface area (Å²) in [6.07, 6.45) is 1.28. The van der Waals surface area contributed by atoms with Crippen LogP contribution in [0.5, 0.6) is 0 Å². The first-order valence-electron chi connectivity index (χ1n) is 6.94.